The Morgan fingerprint density at radius 1 is 0.600 bits per heavy atom. The van der Waals surface area contributed by atoms with Gasteiger partial charge >= 0.3 is 0 Å². The van der Waals surface area contributed by atoms with Crippen molar-refractivity contribution in [2.75, 3.05) is 0 Å². The van der Waals surface area contributed by atoms with Crippen molar-refractivity contribution in [2.45, 2.75) is 76.3 Å². The molecule has 0 saturated heterocycles. The van der Waals surface area contributed by atoms with Crippen molar-refractivity contribution in [1.29, 1.82) is 0 Å². The number of hydrogen-bond donors (Lipinski definition) is 2. The van der Waals surface area contributed by atoms with Crippen molar-refractivity contribution in [1.82, 2.24) is 9.96 Å². The van der Waals surface area contributed by atoms with Crippen molar-refractivity contribution < 1.29 is 0 Å². The summed E-state index contributed by atoms with van der Waals surface area (Å²) in [6, 6.07) is 1.73. The fourth-order valence-corrected chi connectivity index (χ4v) is 4.47. The second-order valence-electron chi connectivity index (χ2n) is 5.25. The third kappa shape index (κ3) is 4.25. The lowest BCUT2D eigenvalue weighted by molar-refractivity contribution is 0.401. The zero-order chi connectivity index (χ0) is 10.3. The molecule has 0 radical (unpaired) electrons. The molecule has 15 heavy (non-hydrogen) atoms. The summed E-state index contributed by atoms with van der Waals surface area (Å²) < 4.78 is 0. The van der Waals surface area contributed by atoms with E-state index in [4.69, 9.17) is 0 Å². The van der Waals surface area contributed by atoms with Gasteiger partial charge in [-0.1, -0.05) is 38.5 Å². The Balaban J connectivity index is 1.53. The predicted octanol–water partition coefficient (Wildman–Crippen LogP) is 1.83. The molecule has 2 N–H and O–H groups in total. The smallest absolute Gasteiger partial charge is 0.168 e. The Bertz CT molecular complexity index is 145. The van der Waals surface area contributed by atoms with Gasteiger partial charge in [0.05, 0.1) is 0 Å². The van der Waals surface area contributed by atoms with E-state index in [9.17, 15) is 0 Å². The van der Waals surface area contributed by atoms with Gasteiger partial charge in [-0.25, -0.2) is 0 Å². The summed E-state index contributed by atoms with van der Waals surface area (Å²) in [6.45, 7) is 0. The summed E-state index contributed by atoms with van der Waals surface area (Å²) in [5.74, 6) is 0. The van der Waals surface area contributed by atoms with Gasteiger partial charge in [-0.15, -0.1) is 0 Å². The maximum atomic E-state index is 3.80. The van der Waals surface area contributed by atoms with Gasteiger partial charge in [-0.3, -0.25) is 0 Å². The van der Waals surface area contributed by atoms with Crippen LogP contribution in [0.15, 0.2) is 0 Å². The Hall–Kier alpha value is 0.137. The molecule has 0 aliphatic heterocycles. The molecule has 2 fully saturated rings. The molecule has 2 nitrogen and oxygen atoms in total. The van der Waals surface area contributed by atoms with Gasteiger partial charge in [0.2, 0.25) is 0 Å². The molecule has 0 unspecified atom stereocenters. The van der Waals surface area contributed by atoms with E-state index in [1.54, 1.807) is 0 Å². The molecule has 88 valence electrons. The van der Waals surface area contributed by atoms with Crippen LogP contribution in [0.1, 0.15) is 64.2 Å². The minimum Gasteiger partial charge on any atom is -0.328 e. The average Bonchev–Trinajstić information content (AvgIpc) is 2.32. The third-order valence-corrected chi connectivity index (χ3v) is 5.55. The summed E-state index contributed by atoms with van der Waals surface area (Å²) in [5.41, 5.74) is 0. The standard InChI is InChI=1S/C12H26N2Si/c1-3-7-11(8-4-1)13-15-14-12-9-5-2-6-10-12/h11-14H,1-10,15H2. The molecule has 2 aliphatic rings. The highest BCUT2D eigenvalue weighted by Crippen LogP contribution is 2.18. The van der Waals surface area contributed by atoms with Gasteiger partial charge in [0.1, 0.15) is 0 Å². The van der Waals surface area contributed by atoms with Gasteiger partial charge in [-0.05, 0) is 25.7 Å². The maximum Gasteiger partial charge on any atom is 0.168 e. The van der Waals surface area contributed by atoms with Crippen LogP contribution in [0.5, 0.6) is 0 Å². The zero-order valence-electron chi connectivity index (χ0n) is 9.93. The van der Waals surface area contributed by atoms with E-state index in [-0.39, 0.29) is 9.84 Å². The van der Waals surface area contributed by atoms with Gasteiger partial charge in [0.25, 0.3) is 0 Å². The van der Waals surface area contributed by atoms with Gasteiger partial charge < -0.3 is 9.96 Å². The highest BCUT2D eigenvalue weighted by atomic mass is 28.2. The lowest BCUT2D eigenvalue weighted by Crippen LogP contribution is -2.46. The van der Waals surface area contributed by atoms with Crippen molar-refractivity contribution in [3.8, 4) is 0 Å². The average molecular weight is 226 g/mol. The van der Waals surface area contributed by atoms with Gasteiger partial charge in [0, 0.05) is 12.1 Å². The SMILES string of the molecule is C1CCC(N[SiH2]NC2CCCCC2)CC1. The summed E-state index contributed by atoms with van der Waals surface area (Å²) in [5, 5.41) is 0. The normalized spacial score (nSPS) is 25.6. The molecule has 0 aromatic carbocycles. The molecule has 0 heterocycles. The van der Waals surface area contributed by atoms with Crippen LogP contribution in [-0.2, 0) is 0 Å². The van der Waals surface area contributed by atoms with E-state index in [0.717, 1.165) is 12.1 Å². The van der Waals surface area contributed by atoms with Crippen LogP contribution in [0.3, 0.4) is 0 Å². The Labute approximate surface area is 96.6 Å². The molecule has 2 rings (SSSR count). The minimum atomic E-state index is -0.178. The van der Waals surface area contributed by atoms with Crippen LogP contribution in [-0.4, -0.2) is 21.9 Å². The monoisotopic (exact) mass is 226 g/mol. The lowest BCUT2D eigenvalue weighted by atomic mass is 9.96. The minimum absolute atomic E-state index is 0.178. The van der Waals surface area contributed by atoms with Gasteiger partial charge in [-0.2, -0.15) is 0 Å². The van der Waals surface area contributed by atoms with Crippen molar-refractivity contribution in [2.24, 2.45) is 0 Å². The molecule has 0 aromatic rings. The topological polar surface area (TPSA) is 24.1 Å². The summed E-state index contributed by atoms with van der Waals surface area (Å²) in [4.78, 5) is 7.59. The lowest BCUT2D eigenvalue weighted by Gasteiger charge is -2.26. The van der Waals surface area contributed by atoms with Crippen LogP contribution < -0.4 is 9.96 Å². The third-order valence-electron chi connectivity index (χ3n) is 3.99. The second kappa shape index (κ2) is 6.66. The molecule has 3 heteroatoms. The molecule has 0 amide bonds. The molecule has 0 aromatic heterocycles. The zero-order valence-corrected chi connectivity index (χ0v) is 11.3. The van der Waals surface area contributed by atoms with Crippen molar-refractivity contribution >= 4 is 9.84 Å². The highest BCUT2D eigenvalue weighted by molar-refractivity contribution is 6.28. The van der Waals surface area contributed by atoms with E-state index in [0.29, 0.717) is 0 Å². The van der Waals surface area contributed by atoms with E-state index >= 15 is 0 Å². The highest BCUT2D eigenvalue weighted by Gasteiger charge is 2.15. The molecule has 0 atom stereocenters. The van der Waals surface area contributed by atoms with Crippen LogP contribution in [0.25, 0.3) is 0 Å². The number of nitrogens with one attached hydrogen (secondary N) is 2. The van der Waals surface area contributed by atoms with E-state index in [1.807, 2.05) is 0 Å². The van der Waals surface area contributed by atoms with E-state index in [1.165, 1.54) is 64.2 Å². The Kier molecular flexibility index (Phi) is 5.16. The number of rotatable bonds is 4. The van der Waals surface area contributed by atoms with E-state index < -0.39 is 0 Å². The first kappa shape index (κ1) is 11.6. The van der Waals surface area contributed by atoms with Crippen LogP contribution in [0, 0.1) is 0 Å². The summed E-state index contributed by atoms with van der Waals surface area (Å²) in [7, 11) is -0.178. The largest absolute Gasteiger partial charge is 0.328 e. The molecule has 0 spiro atoms. The molecular formula is C12H26N2Si. The summed E-state index contributed by atoms with van der Waals surface area (Å²) >= 11 is 0. The van der Waals surface area contributed by atoms with Crippen molar-refractivity contribution in [3.63, 3.8) is 0 Å². The first-order valence-corrected chi connectivity index (χ1v) is 8.33. The first-order chi connectivity index (χ1) is 7.45. The predicted molar refractivity (Wildman–Crippen MR) is 68.6 cm³/mol. The van der Waals surface area contributed by atoms with Crippen LogP contribution in [0.2, 0.25) is 0 Å². The van der Waals surface area contributed by atoms with Crippen LogP contribution in [0.4, 0.5) is 0 Å². The first-order valence-electron chi connectivity index (χ1n) is 6.92. The quantitative estimate of drug-likeness (QED) is 0.715. The Morgan fingerprint density at radius 2 is 1.00 bits per heavy atom. The van der Waals surface area contributed by atoms with E-state index in [2.05, 4.69) is 9.96 Å². The molecule has 0 bridgehead atoms. The molecule has 2 saturated carbocycles. The van der Waals surface area contributed by atoms with Gasteiger partial charge in [0.15, 0.2) is 9.84 Å². The van der Waals surface area contributed by atoms with Crippen molar-refractivity contribution in [3.05, 3.63) is 0 Å². The fourth-order valence-electron chi connectivity index (χ4n) is 2.96. The van der Waals surface area contributed by atoms with Crippen LogP contribution >= 0.6 is 0 Å². The number of hydrogen-bond acceptors (Lipinski definition) is 2. The second-order valence-corrected chi connectivity index (χ2v) is 6.42. The maximum absolute atomic E-state index is 3.80. The molecule has 2 aliphatic carbocycles. The Morgan fingerprint density at radius 3 is 1.40 bits per heavy atom. The fraction of sp³-hybridized carbons (Fsp3) is 1.00. The molecular weight excluding hydrogens is 200 g/mol. The summed E-state index contributed by atoms with van der Waals surface area (Å²) in [6.07, 6.45) is 14.5.